The van der Waals surface area contributed by atoms with Gasteiger partial charge in [0.15, 0.2) is 0 Å². The summed E-state index contributed by atoms with van der Waals surface area (Å²) in [6.07, 6.45) is 4.01. The summed E-state index contributed by atoms with van der Waals surface area (Å²) in [6.45, 7) is 7.33. The Hall–Kier alpha value is -2.83. The first-order valence-electron chi connectivity index (χ1n) is 9.51. The van der Waals surface area contributed by atoms with E-state index in [-0.39, 0.29) is 11.6 Å². The van der Waals surface area contributed by atoms with Gasteiger partial charge in [-0.2, -0.15) is 0 Å². The molecule has 1 aromatic heterocycles. The van der Waals surface area contributed by atoms with Gasteiger partial charge in [-0.15, -0.1) is 0 Å². The van der Waals surface area contributed by atoms with Crippen LogP contribution in [0.3, 0.4) is 0 Å². The molecular formula is C20H26N4O3. The number of aromatic nitrogens is 1. The summed E-state index contributed by atoms with van der Waals surface area (Å²) in [5, 5.41) is 10.9. The number of nitrogens with zero attached hydrogens (tertiary/aromatic N) is 3. The zero-order valence-corrected chi connectivity index (χ0v) is 16.1. The zero-order chi connectivity index (χ0) is 19.6. The highest BCUT2D eigenvalue weighted by atomic mass is 16.6. The standard InChI is InChI=1S/C20H26N4O3/c1-4-22(5-2)20(25)19-14(3)23(18-9-7-6-8-17(18)19)21-15-10-12-16(13-11-15)24(26)27/h10-13,21H,4-9H2,1-3H3. The molecule has 0 saturated heterocycles. The van der Waals surface area contributed by atoms with Crippen molar-refractivity contribution in [3.63, 3.8) is 0 Å². The second-order valence-corrected chi connectivity index (χ2v) is 6.82. The van der Waals surface area contributed by atoms with Crippen molar-refractivity contribution in [2.75, 3.05) is 18.5 Å². The fourth-order valence-electron chi connectivity index (χ4n) is 3.83. The molecule has 144 valence electrons. The molecule has 3 rings (SSSR count). The Labute approximate surface area is 159 Å². The molecule has 1 aliphatic carbocycles. The highest BCUT2D eigenvalue weighted by Crippen LogP contribution is 2.31. The van der Waals surface area contributed by atoms with Gasteiger partial charge in [0.2, 0.25) is 0 Å². The summed E-state index contributed by atoms with van der Waals surface area (Å²) >= 11 is 0. The van der Waals surface area contributed by atoms with E-state index in [1.807, 2.05) is 30.3 Å². The molecule has 1 amide bonds. The monoisotopic (exact) mass is 370 g/mol. The third-order valence-corrected chi connectivity index (χ3v) is 5.29. The minimum atomic E-state index is -0.409. The lowest BCUT2D eigenvalue weighted by molar-refractivity contribution is -0.384. The molecule has 1 aromatic carbocycles. The maximum absolute atomic E-state index is 13.1. The number of benzene rings is 1. The van der Waals surface area contributed by atoms with Crippen molar-refractivity contribution >= 4 is 17.3 Å². The smallest absolute Gasteiger partial charge is 0.269 e. The zero-order valence-electron chi connectivity index (χ0n) is 16.1. The average Bonchev–Trinajstić information content (AvgIpc) is 2.95. The Morgan fingerprint density at radius 2 is 1.81 bits per heavy atom. The summed E-state index contributed by atoms with van der Waals surface area (Å²) in [6, 6.07) is 6.35. The Morgan fingerprint density at radius 1 is 1.19 bits per heavy atom. The number of hydrogen-bond acceptors (Lipinski definition) is 4. The van der Waals surface area contributed by atoms with Crippen molar-refractivity contribution in [3.05, 3.63) is 56.9 Å². The molecule has 0 aliphatic heterocycles. The van der Waals surface area contributed by atoms with Gasteiger partial charge in [0.25, 0.3) is 11.6 Å². The number of carbonyl (C=O) groups is 1. The fraction of sp³-hybridized carbons (Fsp3) is 0.450. The van der Waals surface area contributed by atoms with E-state index in [4.69, 9.17) is 0 Å². The second-order valence-electron chi connectivity index (χ2n) is 6.82. The predicted octanol–water partition coefficient (Wildman–Crippen LogP) is 3.94. The second kappa shape index (κ2) is 7.82. The molecular weight excluding hydrogens is 344 g/mol. The molecule has 2 aromatic rings. The SMILES string of the molecule is CCN(CC)C(=O)c1c2c(n(Nc3ccc([N+](=O)[O-])cc3)c1C)CCCC2. The Bertz CT molecular complexity index is 851. The molecule has 0 fully saturated rings. The fourth-order valence-corrected chi connectivity index (χ4v) is 3.83. The number of fused-ring (bicyclic) bond motifs is 1. The number of hydrogen-bond donors (Lipinski definition) is 1. The molecule has 0 saturated carbocycles. The molecule has 27 heavy (non-hydrogen) atoms. The Balaban J connectivity index is 2.00. The number of nitrogens with one attached hydrogen (secondary N) is 1. The van der Waals surface area contributed by atoms with Gasteiger partial charge in [0.05, 0.1) is 21.9 Å². The lowest BCUT2D eigenvalue weighted by Gasteiger charge is -2.20. The van der Waals surface area contributed by atoms with Gasteiger partial charge < -0.3 is 4.90 Å². The van der Waals surface area contributed by atoms with E-state index in [0.29, 0.717) is 13.1 Å². The Kier molecular flexibility index (Phi) is 5.48. The molecule has 7 heteroatoms. The van der Waals surface area contributed by atoms with Gasteiger partial charge in [-0.1, -0.05) is 0 Å². The lowest BCUT2D eigenvalue weighted by atomic mass is 9.94. The summed E-state index contributed by atoms with van der Waals surface area (Å²) in [7, 11) is 0. The van der Waals surface area contributed by atoms with Crippen LogP contribution in [-0.2, 0) is 12.8 Å². The molecule has 1 heterocycles. The van der Waals surface area contributed by atoms with Crippen LogP contribution < -0.4 is 5.43 Å². The molecule has 1 N–H and O–H groups in total. The third-order valence-electron chi connectivity index (χ3n) is 5.29. The van der Waals surface area contributed by atoms with Crippen LogP contribution in [0, 0.1) is 17.0 Å². The van der Waals surface area contributed by atoms with E-state index in [9.17, 15) is 14.9 Å². The minimum absolute atomic E-state index is 0.0595. The van der Waals surface area contributed by atoms with Crippen molar-refractivity contribution in [1.82, 2.24) is 9.58 Å². The van der Waals surface area contributed by atoms with Crippen LogP contribution in [0.15, 0.2) is 24.3 Å². The molecule has 0 bridgehead atoms. The van der Waals surface area contributed by atoms with Crippen LogP contribution in [0.5, 0.6) is 0 Å². The molecule has 7 nitrogen and oxygen atoms in total. The van der Waals surface area contributed by atoms with Gasteiger partial charge >= 0.3 is 0 Å². The topological polar surface area (TPSA) is 80.4 Å². The first-order valence-corrected chi connectivity index (χ1v) is 9.51. The van der Waals surface area contributed by atoms with E-state index in [2.05, 4.69) is 5.43 Å². The van der Waals surface area contributed by atoms with Crippen molar-refractivity contribution in [1.29, 1.82) is 0 Å². The van der Waals surface area contributed by atoms with Crippen LogP contribution in [0.25, 0.3) is 0 Å². The van der Waals surface area contributed by atoms with Gasteiger partial charge in [0.1, 0.15) is 0 Å². The van der Waals surface area contributed by atoms with E-state index in [1.165, 1.54) is 12.1 Å². The van der Waals surface area contributed by atoms with Crippen LogP contribution in [0.2, 0.25) is 0 Å². The molecule has 0 atom stereocenters. The molecule has 0 unspecified atom stereocenters. The van der Waals surface area contributed by atoms with E-state index >= 15 is 0 Å². The number of rotatable bonds is 6. The number of non-ortho nitro benzene ring substituents is 1. The highest BCUT2D eigenvalue weighted by molar-refractivity contribution is 5.97. The van der Waals surface area contributed by atoms with E-state index in [0.717, 1.165) is 53.9 Å². The summed E-state index contributed by atoms with van der Waals surface area (Å²) < 4.78 is 1.99. The van der Waals surface area contributed by atoms with E-state index in [1.54, 1.807) is 12.1 Å². The maximum Gasteiger partial charge on any atom is 0.269 e. The van der Waals surface area contributed by atoms with E-state index < -0.39 is 4.92 Å². The number of amides is 1. The number of anilines is 1. The normalized spacial score (nSPS) is 13.1. The summed E-state index contributed by atoms with van der Waals surface area (Å²) in [4.78, 5) is 25.4. The maximum atomic E-state index is 13.1. The Morgan fingerprint density at radius 3 is 2.41 bits per heavy atom. The van der Waals surface area contributed by atoms with Crippen LogP contribution in [-0.4, -0.2) is 33.5 Å². The van der Waals surface area contributed by atoms with Crippen molar-refractivity contribution in [2.45, 2.75) is 46.5 Å². The number of nitro benzene ring substituents is 1. The highest BCUT2D eigenvalue weighted by Gasteiger charge is 2.28. The molecule has 0 radical (unpaired) electrons. The van der Waals surface area contributed by atoms with Gasteiger partial charge in [-0.05, 0) is 64.2 Å². The van der Waals surface area contributed by atoms with Gasteiger partial charge in [0, 0.05) is 30.9 Å². The van der Waals surface area contributed by atoms with Crippen LogP contribution >= 0.6 is 0 Å². The quantitative estimate of drug-likeness (QED) is 0.617. The first-order chi connectivity index (χ1) is 13.0. The van der Waals surface area contributed by atoms with Crippen molar-refractivity contribution in [2.24, 2.45) is 0 Å². The van der Waals surface area contributed by atoms with Crippen LogP contribution in [0.1, 0.15) is 54.0 Å². The third kappa shape index (κ3) is 3.54. The van der Waals surface area contributed by atoms with Gasteiger partial charge in [-0.25, -0.2) is 0 Å². The average molecular weight is 370 g/mol. The first kappa shape index (κ1) is 18.9. The van der Waals surface area contributed by atoms with Crippen LogP contribution in [0.4, 0.5) is 11.4 Å². The summed E-state index contributed by atoms with van der Waals surface area (Å²) in [5.74, 6) is 0.0832. The lowest BCUT2D eigenvalue weighted by Crippen LogP contribution is -2.31. The molecule has 1 aliphatic rings. The largest absolute Gasteiger partial charge is 0.339 e. The van der Waals surface area contributed by atoms with Crippen molar-refractivity contribution in [3.8, 4) is 0 Å². The number of nitro groups is 1. The minimum Gasteiger partial charge on any atom is -0.339 e. The number of carbonyl (C=O) groups excluding carboxylic acids is 1. The van der Waals surface area contributed by atoms with Gasteiger partial charge in [-0.3, -0.25) is 25.0 Å². The molecule has 0 spiro atoms. The predicted molar refractivity (Wildman–Crippen MR) is 105 cm³/mol. The summed E-state index contributed by atoms with van der Waals surface area (Å²) in [5.41, 5.74) is 8.16. The van der Waals surface area contributed by atoms with Crippen molar-refractivity contribution < 1.29 is 9.72 Å².